The van der Waals surface area contributed by atoms with Crippen LogP contribution in [0.15, 0.2) is 73.8 Å². The molecule has 0 aromatic heterocycles. The number of rotatable bonds is 13. The Morgan fingerprint density at radius 2 is 1.85 bits per heavy atom. The summed E-state index contributed by atoms with van der Waals surface area (Å²) in [6.07, 6.45) is 3.71. The number of benzene rings is 2. The van der Waals surface area contributed by atoms with Crippen LogP contribution in [0.2, 0.25) is 5.02 Å². The van der Waals surface area contributed by atoms with Crippen molar-refractivity contribution in [2.75, 3.05) is 24.6 Å². The van der Waals surface area contributed by atoms with E-state index in [9.17, 15) is 14.7 Å². The van der Waals surface area contributed by atoms with Gasteiger partial charge in [-0.3, -0.25) is 14.4 Å². The Bertz CT molecular complexity index is 1470. The molecule has 5 rings (SSSR count). The van der Waals surface area contributed by atoms with Crippen molar-refractivity contribution < 1.29 is 24.2 Å². The Labute approximate surface area is 285 Å². The topological polar surface area (TPSA) is 90.4 Å². The van der Waals surface area contributed by atoms with Gasteiger partial charge >= 0.3 is 0 Å². The monoisotopic (exact) mass is 711 g/mol. The van der Waals surface area contributed by atoms with E-state index in [-0.39, 0.29) is 48.2 Å². The molecule has 0 saturated carbocycles. The number of hydrogen-bond acceptors (Lipinski definition) is 5. The maximum absolute atomic E-state index is 15.1. The third kappa shape index (κ3) is 5.74. The van der Waals surface area contributed by atoms with Crippen LogP contribution < -0.4 is 4.90 Å². The molecule has 3 saturated heterocycles. The number of aryl methyl sites for hydroxylation is 1. The highest BCUT2D eigenvalue weighted by atomic mass is 79.9. The van der Waals surface area contributed by atoms with Gasteiger partial charge in [-0.05, 0) is 36.5 Å². The highest BCUT2D eigenvalue weighted by Gasteiger charge is 2.77. The predicted octanol–water partition coefficient (Wildman–Crippen LogP) is 5.54. The lowest BCUT2D eigenvalue weighted by Gasteiger charge is -2.41. The van der Waals surface area contributed by atoms with Gasteiger partial charge in [-0.2, -0.15) is 0 Å². The summed E-state index contributed by atoms with van der Waals surface area (Å²) in [5.41, 5.74) is 0.972. The number of aliphatic hydroxyl groups is 1. The molecule has 1 spiro atoms. The molecule has 2 aromatic rings. The number of nitrogens with zero attached hydrogens (tertiary/aromatic N) is 3. The van der Waals surface area contributed by atoms with Crippen LogP contribution in [0.5, 0.6) is 0 Å². The van der Waals surface area contributed by atoms with Crippen LogP contribution in [-0.2, 0) is 25.7 Å². The van der Waals surface area contributed by atoms with Crippen LogP contribution in [0.4, 0.5) is 5.69 Å². The second-order valence-electron chi connectivity index (χ2n) is 12.7. The Morgan fingerprint density at radius 1 is 1.15 bits per heavy atom. The number of likely N-dealkylation sites (tertiary alicyclic amines) is 1. The molecule has 3 aliphatic rings. The lowest BCUT2D eigenvalue weighted by atomic mass is 9.70. The molecule has 2 aromatic carbocycles. The average Bonchev–Trinajstić information content (AvgIpc) is 3.63. The smallest absolute Gasteiger partial charge is 0.253 e. The van der Waals surface area contributed by atoms with Crippen LogP contribution in [0.1, 0.15) is 37.8 Å². The highest BCUT2D eigenvalue weighted by molar-refractivity contribution is 9.09. The van der Waals surface area contributed by atoms with E-state index in [1.807, 2.05) is 63.2 Å². The summed E-state index contributed by atoms with van der Waals surface area (Å²) in [6.45, 7) is 14.0. The summed E-state index contributed by atoms with van der Waals surface area (Å²) in [4.78, 5) is 49.0. The number of aliphatic hydroxyl groups excluding tert-OH is 1. The molecular weight excluding hydrogens is 670 g/mol. The lowest BCUT2D eigenvalue weighted by Crippen LogP contribution is -2.60. The average molecular weight is 713 g/mol. The third-order valence-electron chi connectivity index (χ3n) is 10.0. The number of fused-ring (bicyclic) bond motifs is 1. The van der Waals surface area contributed by atoms with E-state index >= 15 is 4.79 Å². The second kappa shape index (κ2) is 14.0. The summed E-state index contributed by atoms with van der Waals surface area (Å²) < 4.78 is 6.80. The fraction of sp³-hybridized carbons (Fsp3) is 0.472. The molecule has 10 heteroatoms. The zero-order valence-electron chi connectivity index (χ0n) is 26.6. The van der Waals surface area contributed by atoms with Crippen LogP contribution in [-0.4, -0.2) is 80.9 Å². The number of carbonyl (C=O) groups is 3. The van der Waals surface area contributed by atoms with Crippen molar-refractivity contribution in [3.05, 3.63) is 90.0 Å². The summed E-state index contributed by atoms with van der Waals surface area (Å²) in [6, 6.07) is 13.3. The minimum Gasteiger partial charge on any atom is -0.394 e. The zero-order chi connectivity index (χ0) is 33.3. The van der Waals surface area contributed by atoms with E-state index in [0.29, 0.717) is 30.1 Å². The SMILES string of the molecule is C=CCN(Cc1ccccc1)C(=O)[C@H]1[C@@H]2OC3(CC2Br)C(C(=O)N(CC=C)c2c(C)cccc2Cl)N([C@@H](CO)[C@@H](C)CC)C(=O)[C@H]13. The summed E-state index contributed by atoms with van der Waals surface area (Å²) in [5, 5.41) is 11.1. The van der Waals surface area contributed by atoms with Crippen molar-refractivity contribution in [3.63, 3.8) is 0 Å². The molecule has 3 amide bonds. The van der Waals surface area contributed by atoms with Crippen LogP contribution in [0.25, 0.3) is 0 Å². The van der Waals surface area contributed by atoms with Crippen LogP contribution in [0, 0.1) is 24.7 Å². The number of hydrogen-bond donors (Lipinski definition) is 1. The van der Waals surface area contributed by atoms with Crippen LogP contribution in [0.3, 0.4) is 0 Å². The molecule has 3 fully saturated rings. The Balaban J connectivity index is 1.63. The standard InChI is InChI=1S/C36H43BrClN3O5/c1-6-17-39(20-24-14-10-9-11-15-24)33(43)28-29-34(44)41(27(21-42)22(4)8-3)32(36(29)19-25(37)31(28)46-36)35(45)40(18-7-2)30-23(5)13-12-16-26(30)38/h6-7,9-16,22,25,27-29,31-32,42H,1-2,8,17-21H2,3-5H3/t22-,25?,27-,28+,29-,31+,32?,36?/m0/s1. The Morgan fingerprint density at radius 3 is 2.46 bits per heavy atom. The molecule has 8 atom stereocenters. The summed E-state index contributed by atoms with van der Waals surface area (Å²) in [5.74, 6) is -2.82. The summed E-state index contributed by atoms with van der Waals surface area (Å²) in [7, 11) is 0. The number of alkyl halides is 1. The number of ether oxygens (including phenoxy) is 1. The van der Waals surface area contributed by atoms with E-state index in [1.165, 1.54) is 0 Å². The van der Waals surface area contributed by atoms with Crippen molar-refractivity contribution in [1.29, 1.82) is 0 Å². The zero-order valence-corrected chi connectivity index (χ0v) is 29.0. The molecule has 1 N–H and O–H groups in total. The van der Waals surface area contributed by atoms with E-state index in [2.05, 4.69) is 29.1 Å². The molecular formula is C36H43BrClN3O5. The van der Waals surface area contributed by atoms with E-state index < -0.39 is 35.6 Å². The van der Waals surface area contributed by atoms with Crippen molar-refractivity contribution in [3.8, 4) is 0 Å². The molecule has 3 unspecified atom stereocenters. The Hall–Kier alpha value is -2.98. The molecule has 246 valence electrons. The van der Waals surface area contributed by atoms with Gasteiger partial charge < -0.3 is 24.5 Å². The van der Waals surface area contributed by atoms with E-state index in [0.717, 1.165) is 11.1 Å². The first kappa shape index (κ1) is 34.4. The number of amides is 3. The van der Waals surface area contributed by atoms with Gasteiger partial charge in [0.05, 0.1) is 41.3 Å². The quantitative estimate of drug-likeness (QED) is 0.218. The minimum absolute atomic E-state index is 0.129. The number of para-hydroxylation sites is 1. The van der Waals surface area contributed by atoms with Gasteiger partial charge in [0, 0.05) is 24.5 Å². The largest absolute Gasteiger partial charge is 0.394 e. The van der Waals surface area contributed by atoms with Crippen LogP contribution >= 0.6 is 27.5 Å². The first-order chi connectivity index (χ1) is 22.1. The van der Waals surface area contributed by atoms with Gasteiger partial charge in [0.25, 0.3) is 5.91 Å². The molecule has 0 radical (unpaired) electrons. The van der Waals surface area contributed by atoms with Gasteiger partial charge in [0.2, 0.25) is 11.8 Å². The van der Waals surface area contributed by atoms with Gasteiger partial charge in [-0.1, -0.05) is 102 Å². The maximum atomic E-state index is 15.1. The highest BCUT2D eigenvalue weighted by Crippen LogP contribution is 2.61. The molecule has 8 nitrogen and oxygen atoms in total. The lowest BCUT2D eigenvalue weighted by molar-refractivity contribution is -0.148. The first-order valence-corrected chi connectivity index (χ1v) is 17.2. The molecule has 0 aliphatic carbocycles. The maximum Gasteiger partial charge on any atom is 0.253 e. The molecule has 46 heavy (non-hydrogen) atoms. The van der Waals surface area contributed by atoms with Crippen molar-refractivity contribution in [1.82, 2.24) is 9.80 Å². The van der Waals surface area contributed by atoms with Crippen molar-refractivity contribution in [2.24, 2.45) is 17.8 Å². The third-order valence-corrected chi connectivity index (χ3v) is 11.2. The summed E-state index contributed by atoms with van der Waals surface area (Å²) >= 11 is 10.5. The van der Waals surface area contributed by atoms with E-state index in [4.69, 9.17) is 16.3 Å². The van der Waals surface area contributed by atoms with Gasteiger partial charge in [-0.15, -0.1) is 13.2 Å². The molecule has 2 bridgehead atoms. The van der Waals surface area contributed by atoms with Gasteiger partial charge in [-0.25, -0.2) is 0 Å². The van der Waals surface area contributed by atoms with Gasteiger partial charge in [0.15, 0.2) is 0 Å². The molecule has 3 heterocycles. The number of halogens is 2. The van der Waals surface area contributed by atoms with Gasteiger partial charge in [0.1, 0.15) is 11.6 Å². The minimum atomic E-state index is -1.30. The first-order valence-electron chi connectivity index (χ1n) is 15.9. The number of anilines is 1. The van der Waals surface area contributed by atoms with Crippen molar-refractivity contribution in [2.45, 2.75) is 68.8 Å². The fourth-order valence-corrected chi connectivity index (χ4v) is 9.00. The fourth-order valence-electron chi connectivity index (χ4n) is 7.74. The normalized spacial score (nSPS) is 27.7. The Kier molecular flexibility index (Phi) is 10.5. The predicted molar refractivity (Wildman–Crippen MR) is 184 cm³/mol. The van der Waals surface area contributed by atoms with E-state index in [1.54, 1.807) is 32.9 Å². The second-order valence-corrected chi connectivity index (χ2v) is 14.3. The number of carbonyl (C=O) groups excluding carboxylic acids is 3. The van der Waals surface area contributed by atoms with Crippen molar-refractivity contribution >= 4 is 50.9 Å². The molecule has 3 aliphatic heterocycles.